The monoisotopic (exact) mass is 226 g/mol. The van der Waals surface area contributed by atoms with Gasteiger partial charge in [-0.3, -0.25) is 4.79 Å². The van der Waals surface area contributed by atoms with Crippen molar-refractivity contribution in [1.29, 1.82) is 0 Å². The first-order chi connectivity index (χ1) is 7.05. The molecule has 2 atom stereocenters. The average Bonchev–Trinajstić information content (AvgIpc) is 2.72. The highest BCUT2D eigenvalue weighted by molar-refractivity contribution is 7.13. The van der Waals surface area contributed by atoms with Crippen molar-refractivity contribution in [2.75, 3.05) is 5.73 Å². The lowest BCUT2D eigenvalue weighted by Crippen LogP contribution is -2.21. The van der Waals surface area contributed by atoms with Crippen LogP contribution < -0.4 is 5.73 Å². The molecule has 1 aliphatic rings. The lowest BCUT2D eigenvalue weighted by atomic mass is 9.92. The lowest BCUT2D eigenvalue weighted by Gasteiger charge is -2.19. The van der Waals surface area contributed by atoms with Gasteiger partial charge in [-0.2, -0.15) is 0 Å². The van der Waals surface area contributed by atoms with Crippen LogP contribution in [0.3, 0.4) is 0 Å². The molecule has 15 heavy (non-hydrogen) atoms. The summed E-state index contributed by atoms with van der Waals surface area (Å²) in [6.07, 6.45) is 1.51. The van der Waals surface area contributed by atoms with E-state index < -0.39 is 5.60 Å². The van der Waals surface area contributed by atoms with Gasteiger partial charge >= 0.3 is 5.97 Å². The molecule has 0 aromatic carbocycles. The minimum atomic E-state index is -0.577. The number of carbonyl (C=O) groups is 1. The molecule has 0 radical (unpaired) electrons. The lowest BCUT2D eigenvalue weighted by molar-refractivity contribution is -0.150. The predicted molar refractivity (Wildman–Crippen MR) is 58.4 cm³/mol. The van der Waals surface area contributed by atoms with Crippen LogP contribution in [0.25, 0.3) is 0 Å². The van der Waals surface area contributed by atoms with E-state index in [9.17, 15) is 4.79 Å². The van der Waals surface area contributed by atoms with Crippen LogP contribution >= 0.6 is 11.3 Å². The van der Waals surface area contributed by atoms with Crippen LogP contribution in [0, 0.1) is 5.92 Å². The normalized spacial score (nSPS) is 30.5. The Morgan fingerprint density at radius 3 is 3.00 bits per heavy atom. The van der Waals surface area contributed by atoms with E-state index in [1.54, 1.807) is 0 Å². The van der Waals surface area contributed by atoms with Crippen LogP contribution in [0.2, 0.25) is 0 Å². The van der Waals surface area contributed by atoms with E-state index in [0.717, 1.165) is 12.1 Å². The molecule has 5 heteroatoms. The second-order valence-corrected chi connectivity index (χ2v) is 4.92. The zero-order chi connectivity index (χ0) is 11.1. The number of anilines is 1. The van der Waals surface area contributed by atoms with Gasteiger partial charge in [0.15, 0.2) is 10.7 Å². The summed E-state index contributed by atoms with van der Waals surface area (Å²) in [6, 6.07) is 0. The van der Waals surface area contributed by atoms with E-state index in [2.05, 4.69) is 4.98 Å². The molecule has 0 aliphatic carbocycles. The van der Waals surface area contributed by atoms with Crippen molar-refractivity contribution < 1.29 is 9.53 Å². The average molecular weight is 226 g/mol. The number of hydrogen-bond donors (Lipinski definition) is 1. The number of rotatable bonds is 2. The number of cyclic esters (lactones) is 1. The van der Waals surface area contributed by atoms with Crippen molar-refractivity contribution in [3.8, 4) is 0 Å². The number of ether oxygens (including phenoxy) is 1. The van der Waals surface area contributed by atoms with Crippen molar-refractivity contribution in [3.63, 3.8) is 0 Å². The number of aromatic nitrogens is 1. The third-order valence-electron chi connectivity index (χ3n) is 2.85. The van der Waals surface area contributed by atoms with Gasteiger partial charge in [0.2, 0.25) is 0 Å². The topological polar surface area (TPSA) is 65.2 Å². The van der Waals surface area contributed by atoms with Gasteiger partial charge in [0.1, 0.15) is 0 Å². The Morgan fingerprint density at radius 2 is 2.53 bits per heavy atom. The first-order valence-corrected chi connectivity index (χ1v) is 5.87. The van der Waals surface area contributed by atoms with Crippen LogP contribution in [0.1, 0.15) is 32.4 Å². The van der Waals surface area contributed by atoms with Gasteiger partial charge < -0.3 is 10.5 Å². The number of thiazole rings is 1. The quantitative estimate of drug-likeness (QED) is 0.782. The van der Waals surface area contributed by atoms with Crippen LogP contribution in [0.5, 0.6) is 0 Å². The number of esters is 1. The summed E-state index contributed by atoms with van der Waals surface area (Å²) in [5, 5.41) is 2.38. The summed E-state index contributed by atoms with van der Waals surface area (Å²) in [4.78, 5) is 15.7. The van der Waals surface area contributed by atoms with E-state index in [1.807, 2.05) is 19.2 Å². The zero-order valence-corrected chi connectivity index (χ0v) is 9.63. The zero-order valence-electron chi connectivity index (χ0n) is 8.82. The Hall–Kier alpha value is -1.10. The van der Waals surface area contributed by atoms with E-state index in [4.69, 9.17) is 10.5 Å². The van der Waals surface area contributed by atoms with Gasteiger partial charge in [0.25, 0.3) is 0 Å². The molecule has 1 saturated heterocycles. The summed E-state index contributed by atoms with van der Waals surface area (Å²) >= 11 is 1.38. The second kappa shape index (κ2) is 3.48. The number of carbonyl (C=O) groups excluding carboxylic acids is 1. The first kappa shape index (κ1) is 10.4. The molecule has 1 aromatic rings. The Labute approximate surface area is 92.5 Å². The fourth-order valence-corrected chi connectivity index (χ4v) is 2.58. The molecular formula is C10H14N2O2S. The molecular weight excluding hydrogens is 212 g/mol. The number of nitrogen functional groups attached to an aromatic ring is 1. The minimum Gasteiger partial charge on any atom is -0.453 e. The highest BCUT2D eigenvalue weighted by Crippen LogP contribution is 2.41. The van der Waals surface area contributed by atoms with E-state index in [1.165, 1.54) is 11.3 Å². The molecule has 0 amide bonds. The number of nitrogens with zero attached hydrogens (tertiary/aromatic N) is 1. The summed E-state index contributed by atoms with van der Waals surface area (Å²) in [5.74, 6) is -0.121. The molecule has 0 spiro atoms. The predicted octanol–water partition coefficient (Wildman–Crippen LogP) is 1.91. The van der Waals surface area contributed by atoms with E-state index >= 15 is 0 Å². The molecule has 0 saturated carbocycles. The van der Waals surface area contributed by atoms with Crippen molar-refractivity contribution in [3.05, 3.63) is 11.1 Å². The fraction of sp³-hybridized carbons (Fsp3) is 0.600. The molecule has 0 unspecified atom stereocenters. The highest BCUT2D eigenvalue weighted by atomic mass is 32.1. The molecule has 1 aromatic heterocycles. The Morgan fingerprint density at radius 1 is 1.80 bits per heavy atom. The second-order valence-electron chi connectivity index (χ2n) is 4.03. The first-order valence-electron chi connectivity index (χ1n) is 4.99. The molecule has 0 bridgehead atoms. The van der Waals surface area contributed by atoms with Gasteiger partial charge in [0, 0.05) is 11.8 Å². The number of nitrogens with two attached hydrogens (primary N) is 1. The standard InChI is InChI=1S/C10H14N2O2S/c1-3-6-4-10(2,14-8(6)13)7-5-15-9(11)12-7/h5-6H,3-4H2,1-2H3,(H2,11,12)/t6-,10+/m0/s1. The molecule has 2 heterocycles. The molecule has 1 aliphatic heterocycles. The smallest absolute Gasteiger partial charge is 0.310 e. The van der Waals surface area contributed by atoms with Crippen LogP contribution in [0.15, 0.2) is 5.38 Å². The molecule has 1 fully saturated rings. The van der Waals surface area contributed by atoms with Crippen LogP contribution in [-0.2, 0) is 15.1 Å². The Bertz CT molecular complexity index is 391. The van der Waals surface area contributed by atoms with E-state index in [0.29, 0.717) is 11.6 Å². The Kier molecular flexibility index (Phi) is 2.42. The minimum absolute atomic E-state index is 0.00192. The number of hydrogen-bond acceptors (Lipinski definition) is 5. The Balaban J connectivity index is 2.26. The maximum absolute atomic E-state index is 11.5. The summed E-state index contributed by atoms with van der Waals surface area (Å²) in [5.41, 5.74) is 5.77. The van der Waals surface area contributed by atoms with Gasteiger partial charge in [-0.05, 0) is 13.3 Å². The van der Waals surface area contributed by atoms with Crippen molar-refractivity contribution in [1.82, 2.24) is 4.98 Å². The molecule has 4 nitrogen and oxygen atoms in total. The van der Waals surface area contributed by atoms with Crippen molar-refractivity contribution in [2.45, 2.75) is 32.3 Å². The van der Waals surface area contributed by atoms with Crippen molar-refractivity contribution >= 4 is 22.4 Å². The van der Waals surface area contributed by atoms with E-state index in [-0.39, 0.29) is 11.9 Å². The third-order valence-corrected chi connectivity index (χ3v) is 3.53. The maximum atomic E-state index is 11.5. The van der Waals surface area contributed by atoms with Gasteiger partial charge in [-0.25, -0.2) is 4.98 Å². The summed E-state index contributed by atoms with van der Waals surface area (Å²) in [7, 11) is 0. The van der Waals surface area contributed by atoms with Crippen LogP contribution in [-0.4, -0.2) is 11.0 Å². The third kappa shape index (κ3) is 1.71. The fourth-order valence-electron chi connectivity index (χ4n) is 1.90. The highest BCUT2D eigenvalue weighted by Gasteiger charge is 2.45. The van der Waals surface area contributed by atoms with Crippen molar-refractivity contribution in [2.24, 2.45) is 5.92 Å². The molecule has 82 valence electrons. The van der Waals surface area contributed by atoms with Gasteiger partial charge in [0.05, 0.1) is 11.6 Å². The maximum Gasteiger partial charge on any atom is 0.310 e. The summed E-state index contributed by atoms with van der Waals surface area (Å²) in [6.45, 7) is 3.89. The molecule has 2 rings (SSSR count). The SMILES string of the molecule is CC[C@H]1C[C@](C)(c2csc(N)n2)OC1=O. The van der Waals surface area contributed by atoms with Crippen LogP contribution in [0.4, 0.5) is 5.13 Å². The summed E-state index contributed by atoms with van der Waals surface area (Å²) < 4.78 is 5.40. The molecule has 2 N–H and O–H groups in total. The van der Waals surface area contributed by atoms with Gasteiger partial charge in [-0.1, -0.05) is 6.92 Å². The largest absolute Gasteiger partial charge is 0.453 e. The van der Waals surface area contributed by atoms with Gasteiger partial charge in [-0.15, -0.1) is 11.3 Å².